The lowest BCUT2D eigenvalue weighted by Crippen LogP contribution is -2.24. The Morgan fingerprint density at radius 2 is 0.931 bits per heavy atom. The summed E-state index contributed by atoms with van der Waals surface area (Å²) in [4.78, 5) is 11.6. The van der Waals surface area contributed by atoms with E-state index in [9.17, 15) is 4.79 Å². The van der Waals surface area contributed by atoms with E-state index in [1.807, 2.05) is 0 Å². The number of carbonyl (C=O) groups excluding carboxylic acids is 1. The molecule has 2 N–H and O–H groups in total. The van der Waals surface area contributed by atoms with Crippen molar-refractivity contribution in [1.29, 1.82) is 0 Å². The summed E-state index contributed by atoms with van der Waals surface area (Å²) < 4.78 is 0. The number of aliphatic hydroxyl groups is 1. The molecule has 1 amide bonds. The molecule has 0 fully saturated rings. The van der Waals surface area contributed by atoms with Crippen molar-refractivity contribution in [2.45, 2.75) is 148 Å². The molecule has 3 heteroatoms. The second kappa shape index (κ2) is 25.5. The van der Waals surface area contributed by atoms with Gasteiger partial charge in [-0.15, -0.1) is 0 Å². The predicted molar refractivity (Wildman–Crippen MR) is 127 cm³/mol. The first-order valence-electron chi connectivity index (χ1n) is 13.2. The molecule has 0 spiro atoms. The maximum absolute atomic E-state index is 11.6. The molecule has 0 aliphatic carbocycles. The van der Waals surface area contributed by atoms with Crippen LogP contribution in [-0.2, 0) is 4.79 Å². The van der Waals surface area contributed by atoms with Gasteiger partial charge in [0, 0.05) is 19.6 Å². The molecule has 29 heavy (non-hydrogen) atoms. The highest BCUT2D eigenvalue weighted by Crippen LogP contribution is 2.14. The lowest BCUT2D eigenvalue weighted by molar-refractivity contribution is -0.121. The van der Waals surface area contributed by atoms with E-state index < -0.39 is 0 Å². The second-order valence-electron chi connectivity index (χ2n) is 8.89. The van der Waals surface area contributed by atoms with Crippen molar-refractivity contribution < 1.29 is 9.90 Å². The molecular weight excluding hydrogens is 358 g/mol. The van der Waals surface area contributed by atoms with Crippen LogP contribution in [0, 0.1) is 0 Å². The van der Waals surface area contributed by atoms with Gasteiger partial charge in [-0.2, -0.15) is 0 Å². The lowest BCUT2D eigenvalue weighted by atomic mass is 10.0. The third kappa shape index (κ3) is 25.4. The average molecular weight is 412 g/mol. The Bertz CT molecular complexity index is 320. The smallest absolute Gasteiger partial charge is 0.219 e. The van der Waals surface area contributed by atoms with Gasteiger partial charge in [-0.3, -0.25) is 4.79 Å². The number of aliphatic hydroxyl groups excluding tert-OH is 1. The molecule has 0 rings (SSSR count). The number of hydrogen-bond acceptors (Lipinski definition) is 2. The number of rotatable bonds is 24. The van der Waals surface area contributed by atoms with Crippen LogP contribution in [0.5, 0.6) is 0 Å². The van der Waals surface area contributed by atoms with Gasteiger partial charge in [0.05, 0.1) is 0 Å². The van der Waals surface area contributed by atoms with Crippen molar-refractivity contribution in [3.63, 3.8) is 0 Å². The third-order valence-electron chi connectivity index (χ3n) is 5.91. The quantitative estimate of drug-likeness (QED) is 0.160. The van der Waals surface area contributed by atoms with Crippen molar-refractivity contribution >= 4 is 5.91 Å². The van der Waals surface area contributed by atoms with E-state index in [2.05, 4.69) is 12.2 Å². The van der Waals surface area contributed by atoms with Crippen LogP contribution in [0.3, 0.4) is 0 Å². The largest absolute Gasteiger partial charge is 0.396 e. The summed E-state index contributed by atoms with van der Waals surface area (Å²) >= 11 is 0. The van der Waals surface area contributed by atoms with Gasteiger partial charge in [-0.25, -0.2) is 0 Å². The number of carbonyl (C=O) groups is 1. The summed E-state index contributed by atoms with van der Waals surface area (Å²) in [6.45, 7) is 3.21. The highest BCUT2D eigenvalue weighted by molar-refractivity contribution is 5.75. The minimum atomic E-state index is 0.176. The molecule has 0 heterocycles. The molecule has 0 aliphatic rings. The lowest BCUT2D eigenvalue weighted by Gasteiger charge is -2.05. The molecule has 0 bridgehead atoms. The Balaban J connectivity index is 3.07. The SMILES string of the molecule is CCCCCCCCCCCCCCCCCCCCCC(=O)NCCCCO. The maximum Gasteiger partial charge on any atom is 0.219 e. The first kappa shape index (κ1) is 28.4. The fourth-order valence-electron chi connectivity index (χ4n) is 3.92. The van der Waals surface area contributed by atoms with Crippen LogP contribution < -0.4 is 5.32 Å². The monoisotopic (exact) mass is 411 g/mol. The molecule has 0 aromatic heterocycles. The Kier molecular flexibility index (Phi) is 25.0. The van der Waals surface area contributed by atoms with Crippen molar-refractivity contribution in [1.82, 2.24) is 5.32 Å². The summed E-state index contributed by atoms with van der Waals surface area (Å²) in [6.07, 6.45) is 28.5. The zero-order valence-electron chi connectivity index (χ0n) is 19.8. The van der Waals surface area contributed by atoms with Gasteiger partial charge in [0.1, 0.15) is 0 Å². The van der Waals surface area contributed by atoms with Gasteiger partial charge in [-0.05, 0) is 19.3 Å². The van der Waals surface area contributed by atoms with Crippen LogP contribution in [0.25, 0.3) is 0 Å². The number of nitrogens with one attached hydrogen (secondary N) is 1. The van der Waals surface area contributed by atoms with Crippen molar-refractivity contribution in [2.75, 3.05) is 13.2 Å². The topological polar surface area (TPSA) is 49.3 Å². The molecule has 0 saturated heterocycles. The van der Waals surface area contributed by atoms with Crippen LogP contribution in [0.2, 0.25) is 0 Å². The predicted octanol–water partition coefficient (Wildman–Crippen LogP) is 7.70. The molecule has 0 unspecified atom stereocenters. The maximum atomic E-state index is 11.6. The summed E-state index contributed by atoms with van der Waals surface area (Å²) in [5.74, 6) is 0.176. The molecule has 0 aliphatic heterocycles. The standard InChI is InChI=1S/C26H53NO2/c1-2-3-4-5-6-7-8-9-10-11-12-13-14-15-16-17-18-19-20-23-26(29)27-24-21-22-25-28/h28H,2-25H2,1H3,(H,27,29). The van der Waals surface area contributed by atoms with E-state index >= 15 is 0 Å². The van der Waals surface area contributed by atoms with E-state index in [-0.39, 0.29) is 12.5 Å². The third-order valence-corrected chi connectivity index (χ3v) is 5.91. The van der Waals surface area contributed by atoms with Crippen LogP contribution >= 0.6 is 0 Å². The highest BCUT2D eigenvalue weighted by atomic mass is 16.2. The molecule has 3 nitrogen and oxygen atoms in total. The second-order valence-corrected chi connectivity index (χ2v) is 8.89. The molecule has 0 aromatic rings. The summed E-state index contributed by atoms with van der Waals surface area (Å²) in [6, 6.07) is 0. The molecule has 0 saturated carbocycles. The van der Waals surface area contributed by atoms with E-state index in [0.29, 0.717) is 13.0 Å². The van der Waals surface area contributed by atoms with Gasteiger partial charge in [0.15, 0.2) is 0 Å². The Morgan fingerprint density at radius 1 is 0.552 bits per heavy atom. The number of unbranched alkanes of at least 4 members (excludes halogenated alkanes) is 19. The van der Waals surface area contributed by atoms with Crippen LogP contribution in [0.4, 0.5) is 0 Å². The van der Waals surface area contributed by atoms with Gasteiger partial charge in [0.25, 0.3) is 0 Å². The van der Waals surface area contributed by atoms with Crippen molar-refractivity contribution in [3.8, 4) is 0 Å². The fraction of sp³-hybridized carbons (Fsp3) is 0.962. The zero-order valence-corrected chi connectivity index (χ0v) is 19.8. The molecule has 174 valence electrons. The minimum Gasteiger partial charge on any atom is -0.396 e. The summed E-state index contributed by atoms with van der Waals surface area (Å²) in [5, 5.41) is 11.6. The average Bonchev–Trinajstić information content (AvgIpc) is 2.73. The van der Waals surface area contributed by atoms with Crippen LogP contribution in [0.15, 0.2) is 0 Å². The van der Waals surface area contributed by atoms with Crippen molar-refractivity contribution in [3.05, 3.63) is 0 Å². The van der Waals surface area contributed by atoms with Crippen LogP contribution in [-0.4, -0.2) is 24.2 Å². The minimum absolute atomic E-state index is 0.176. The van der Waals surface area contributed by atoms with E-state index in [0.717, 1.165) is 19.3 Å². The number of amides is 1. The molecule has 0 atom stereocenters. The van der Waals surface area contributed by atoms with Gasteiger partial charge < -0.3 is 10.4 Å². The fourth-order valence-corrected chi connectivity index (χ4v) is 3.92. The Hall–Kier alpha value is -0.570. The Labute approximate surface area is 182 Å². The first-order chi connectivity index (χ1) is 14.3. The first-order valence-corrected chi connectivity index (χ1v) is 13.2. The van der Waals surface area contributed by atoms with Gasteiger partial charge in [0.2, 0.25) is 5.91 Å². The Morgan fingerprint density at radius 3 is 1.31 bits per heavy atom. The van der Waals surface area contributed by atoms with E-state index in [1.165, 1.54) is 116 Å². The normalized spacial score (nSPS) is 11.1. The van der Waals surface area contributed by atoms with Crippen molar-refractivity contribution in [2.24, 2.45) is 0 Å². The van der Waals surface area contributed by atoms with Gasteiger partial charge in [-0.1, -0.05) is 122 Å². The number of hydrogen-bond donors (Lipinski definition) is 2. The van der Waals surface area contributed by atoms with E-state index in [1.54, 1.807) is 0 Å². The zero-order chi connectivity index (χ0) is 21.3. The molecule has 0 radical (unpaired) electrons. The van der Waals surface area contributed by atoms with Crippen LogP contribution in [0.1, 0.15) is 148 Å². The highest BCUT2D eigenvalue weighted by Gasteiger charge is 2.00. The summed E-state index contributed by atoms with van der Waals surface area (Å²) in [5.41, 5.74) is 0. The molecule has 0 aromatic carbocycles. The van der Waals surface area contributed by atoms with Gasteiger partial charge >= 0.3 is 0 Å². The molecular formula is C26H53NO2. The van der Waals surface area contributed by atoms with E-state index in [4.69, 9.17) is 5.11 Å². The summed E-state index contributed by atoms with van der Waals surface area (Å²) in [7, 11) is 0.